The third kappa shape index (κ3) is 64.0. The van der Waals surface area contributed by atoms with Crippen molar-refractivity contribution < 1.29 is 28.6 Å². The Hall–Kier alpha value is -4.71. The van der Waals surface area contributed by atoms with Crippen molar-refractivity contribution in [2.75, 3.05) is 13.2 Å². The number of hydrogen-bond donors (Lipinski definition) is 0. The number of allylic oxidation sites excluding steroid dienone is 24. The number of carbonyl (C=O) groups excluding carboxylic acids is 3. The number of unbranched alkanes of at least 4 members (excludes halogenated alkanes) is 22. The molecule has 0 radical (unpaired) electrons. The highest BCUT2D eigenvalue weighted by molar-refractivity contribution is 5.71. The van der Waals surface area contributed by atoms with E-state index in [1.54, 1.807) is 0 Å². The summed E-state index contributed by atoms with van der Waals surface area (Å²) >= 11 is 0. The van der Waals surface area contributed by atoms with Gasteiger partial charge in [-0.1, -0.05) is 282 Å². The first-order valence-electron chi connectivity index (χ1n) is 32.3. The highest BCUT2D eigenvalue weighted by Gasteiger charge is 2.19. The fraction of sp³-hybridized carbons (Fsp3) is 0.630. The van der Waals surface area contributed by atoms with Crippen LogP contribution < -0.4 is 0 Å². The van der Waals surface area contributed by atoms with E-state index in [9.17, 15) is 14.4 Å². The van der Waals surface area contributed by atoms with Gasteiger partial charge >= 0.3 is 17.9 Å². The molecule has 1 atom stereocenters. The quantitative estimate of drug-likeness (QED) is 0.0261. The summed E-state index contributed by atoms with van der Waals surface area (Å²) in [4.78, 5) is 38.2. The molecule has 0 aromatic heterocycles. The van der Waals surface area contributed by atoms with Gasteiger partial charge in [-0.2, -0.15) is 0 Å². The summed E-state index contributed by atoms with van der Waals surface area (Å²) in [6, 6.07) is 0. The molecular weight excluding hydrogens is 973 g/mol. The maximum absolute atomic E-state index is 12.9. The summed E-state index contributed by atoms with van der Waals surface area (Å²) in [6.45, 7) is 6.22. The van der Waals surface area contributed by atoms with Gasteiger partial charge in [0.25, 0.3) is 0 Å². The molecular formula is C73H118O6. The van der Waals surface area contributed by atoms with Gasteiger partial charge in [-0.3, -0.25) is 14.4 Å². The van der Waals surface area contributed by atoms with Gasteiger partial charge < -0.3 is 14.2 Å². The Morgan fingerprint density at radius 2 is 0.481 bits per heavy atom. The zero-order valence-corrected chi connectivity index (χ0v) is 51.1. The SMILES string of the molecule is CC/C=C\C/C=C\C/C=C\C/C=C\CCCCCCCCCCCCCCCCCCCCC(=O)OCC(COC(=O)CC/C=C\C/C=C\C/C=C\C/C=C\CC)OC(=O)CCCCCC/C=C\C/C=C\C/C=C\C/C=C\CC. The van der Waals surface area contributed by atoms with E-state index in [0.717, 1.165) is 128 Å². The molecule has 0 aliphatic carbocycles. The smallest absolute Gasteiger partial charge is 0.306 e. The normalized spacial score (nSPS) is 13.1. The van der Waals surface area contributed by atoms with E-state index in [0.29, 0.717) is 12.8 Å². The number of esters is 3. The third-order valence-corrected chi connectivity index (χ3v) is 13.3. The average molecular weight is 1090 g/mol. The Labute approximate surface area is 487 Å². The second-order valence-electron chi connectivity index (χ2n) is 20.9. The van der Waals surface area contributed by atoms with Crippen LogP contribution in [0.15, 0.2) is 146 Å². The van der Waals surface area contributed by atoms with Crippen molar-refractivity contribution in [1.29, 1.82) is 0 Å². The van der Waals surface area contributed by atoms with E-state index in [1.807, 2.05) is 12.2 Å². The van der Waals surface area contributed by atoms with Gasteiger partial charge in [0.1, 0.15) is 13.2 Å². The zero-order chi connectivity index (χ0) is 57.1. The van der Waals surface area contributed by atoms with Crippen molar-refractivity contribution in [2.45, 2.75) is 284 Å². The zero-order valence-electron chi connectivity index (χ0n) is 51.1. The summed E-state index contributed by atoms with van der Waals surface area (Å²) in [5.41, 5.74) is 0. The van der Waals surface area contributed by atoms with E-state index in [4.69, 9.17) is 14.2 Å². The summed E-state index contributed by atoms with van der Waals surface area (Å²) in [5, 5.41) is 0. The van der Waals surface area contributed by atoms with Gasteiger partial charge in [-0.05, 0) is 122 Å². The predicted octanol–water partition coefficient (Wildman–Crippen LogP) is 22.3. The van der Waals surface area contributed by atoms with Crippen molar-refractivity contribution in [2.24, 2.45) is 0 Å². The van der Waals surface area contributed by atoms with E-state index >= 15 is 0 Å². The van der Waals surface area contributed by atoms with Gasteiger partial charge in [0, 0.05) is 19.3 Å². The van der Waals surface area contributed by atoms with Crippen LogP contribution >= 0.6 is 0 Å². The van der Waals surface area contributed by atoms with Crippen molar-refractivity contribution in [3.05, 3.63) is 146 Å². The fourth-order valence-electron chi connectivity index (χ4n) is 8.62. The molecule has 0 amide bonds. The first-order valence-corrected chi connectivity index (χ1v) is 32.3. The van der Waals surface area contributed by atoms with Gasteiger partial charge in [0.2, 0.25) is 0 Å². The molecule has 0 bridgehead atoms. The van der Waals surface area contributed by atoms with Gasteiger partial charge in [0.05, 0.1) is 0 Å². The second kappa shape index (κ2) is 65.8. The Balaban J connectivity index is 4.28. The Morgan fingerprint density at radius 3 is 0.785 bits per heavy atom. The van der Waals surface area contributed by atoms with Crippen LogP contribution in [-0.4, -0.2) is 37.2 Å². The van der Waals surface area contributed by atoms with Gasteiger partial charge in [0.15, 0.2) is 6.10 Å². The molecule has 0 aromatic rings. The number of carbonyl (C=O) groups is 3. The minimum Gasteiger partial charge on any atom is -0.462 e. The number of ether oxygens (including phenoxy) is 3. The molecule has 0 spiro atoms. The molecule has 0 fully saturated rings. The van der Waals surface area contributed by atoms with Crippen LogP contribution in [0.25, 0.3) is 0 Å². The Bertz CT molecular complexity index is 1730. The predicted molar refractivity (Wildman–Crippen MR) is 343 cm³/mol. The molecule has 0 heterocycles. The lowest BCUT2D eigenvalue weighted by molar-refractivity contribution is -0.166. The molecule has 0 saturated heterocycles. The van der Waals surface area contributed by atoms with E-state index in [-0.39, 0.29) is 44.0 Å². The lowest BCUT2D eigenvalue weighted by atomic mass is 10.0. The summed E-state index contributed by atoms with van der Waals surface area (Å²) < 4.78 is 16.8. The first-order chi connectivity index (χ1) is 39.0. The lowest BCUT2D eigenvalue weighted by Crippen LogP contribution is -2.30. The largest absolute Gasteiger partial charge is 0.462 e. The molecule has 0 rings (SSSR count). The molecule has 0 N–H and O–H groups in total. The molecule has 79 heavy (non-hydrogen) atoms. The highest BCUT2D eigenvalue weighted by atomic mass is 16.6. The van der Waals surface area contributed by atoms with Crippen LogP contribution in [0.5, 0.6) is 0 Å². The second-order valence-corrected chi connectivity index (χ2v) is 20.9. The molecule has 0 saturated carbocycles. The van der Waals surface area contributed by atoms with Gasteiger partial charge in [-0.25, -0.2) is 0 Å². The molecule has 6 nitrogen and oxygen atoms in total. The third-order valence-electron chi connectivity index (χ3n) is 13.3. The molecule has 0 aliphatic heterocycles. The van der Waals surface area contributed by atoms with Crippen molar-refractivity contribution in [3.8, 4) is 0 Å². The van der Waals surface area contributed by atoms with Crippen molar-refractivity contribution >= 4 is 17.9 Å². The number of rotatable bonds is 57. The minimum absolute atomic E-state index is 0.113. The molecule has 0 aliphatic rings. The Morgan fingerprint density at radius 1 is 0.253 bits per heavy atom. The lowest BCUT2D eigenvalue weighted by Gasteiger charge is -2.18. The van der Waals surface area contributed by atoms with Crippen LogP contribution in [0.3, 0.4) is 0 Å². The maximum Gasteiger partial charge on any atom is 0.306 e. The summed E-state index contributed by atoms with van der Waals surface area (Å²) in [5.74, 6) is -1.02. The summed E-state index contributed by atoms with van der Waals surface area (Å²) in [7, 11) is 0. The van der Waals surface area contributed by atoms with Crippen molar-refractivity contribution in [1.82, 2.24) is 0 Å². The van der Waals surface area contributed by atoms with E-state index < -0.39 is 6.10 Å². The monoisotopic (exact) mass is 1090 g/mol. The van der Waals surface area contributed by atoms with Crippen LogP contribution in [0.4, 0.5) is 0 Å². The summed E-state index contributed by atoms with van der Waals surface area (Å²) in [6.07, 6.45) is 94.6. The number of hydrogen-bond acceptors (Lipinski definition) is 6. The van der Waals surface area contributed by atoms with Gasteiger partial charge in [-0.15, -0.1) is 0 Å². The molecule has 0 aromatic carbocycles. The Kier molecular flexibility index (Phi) is 61.9. The van der Waals surface area contributed by atoms with Crippen LogP contribution in [0.1, 0.15) is 278 Å². The standard InChI is InChI=1S/C73H118O6/c1-4-7-10-13-16-19-22-25-27-29-30-31-32-33-34-35-36-37-38-39-40-41-42-44-45-48-51-54-57-60-63-66-72(75)78-69-70(68-77-71(74)65-62-59-56-53-50-47-24-21-18-15-12-9-6-3)79-73(76)67-64-61-58-55-52-49-46-43-28-26-23-20-17-14-11-8-5-2/h7-12,16-21,25-28,30-31,46-47,49-50,56,59,70H,4-6,13-15,22-24,29,32-45,48,51-55,57-58,60-69H2,1-3H3/b10-7-,11-8-,12-9-,19-16-,20-17-,21-18-,27-25-,28-26-,31-30-,49-46-,50-47-,59-56-. The minimum atomic E-state index is -0.825. The van der Waals surface area contributed by atoms with Crippen LogP contribution in [-0.2, 0) is 28.6 Å². The van der Waals surface area contributed by atoms with Crippen molar-refractivity contribution in [3.63, 3.8) is 0 Å². The maximum atomic E-state index is 12.9. The van der Waals surface area contributed by atoms with E-state index in [2.05, 4.69) is 154 Å². The molecule has 446 valence electrons. The average Bonchev–Trinajstić information content (AvgIpc) is 3.45. The van der Waals surface area contributed by atoms with Crippen LogP contribution in [0.2, 0.25) is 0 Å². The first kappa shape index (κ1) is 74.3. The highest BCUT2D eigenvalue weighted by Crippen LogP contribution is 2.16. The van der Waals surface area contributed by atoms with Crippen LogP contribution in [0, 0.1) is 0 Å². The molecule has 6 heteroatoms. The topological polar surface area (TPSA) is 78.9 Å². The van der Waals surface area contributed by atoms with E-state index in [1.165, 1.54) is 103 Å². The molecule has 1 unspecified atom stereocenters. The fourth-order valence-corrected chi connectivity index (χ4v) is 8.62.